The van der Waals surface area contributed by atoms with Gasteiger partial charge in [-0.05, 0) is 16.7 Å². The van der Waals surface area contributed by atoms with Crippen LogP contribution in [0.15, 0.2) is 91.0 Å². The van der Waals surface area contributed by atoms with E-state index >= 15 is 0 Å². The minimum atomic E-state index is 0. The molecule has 0 bridgehead atoms. The van der Waals surface area contributed by atoms with Gasteiger partial charge >= 0.3 is 0 Å². The van der Waals surface area contributed by atoms with E-state index in [0.29, 0.717) is 0 Å². The fraction of sp³-hybridized carbons (Fsp3) is 0.143. The van der Waals surface area contributed by atoms with Crippen LogP contribution >= 0.6 is 0 Å². The largest absolute Gasteiger partial charge is 0.392 e. The van der Waals surface area contributed by atoms with Crippen molar-refractivity contribution < 1.29 is 48.0 Å². The normalized spacial score (nSPS) is 8.76. The molecule has 0 saturated heterocycles. The smallest absolute Gasteiger partial charge is 0.0681 e. The first-order valence-corrected chi connectivity index (χ1v) is 7.74. The zero-order valence-corrected chi connectivity index (χ0v) is 17.0. The molecular formula is C21H24O3Y. The monoisotopic (exact) mass is 413 g/mol. The molecule has 0 amide bonds. The molecular weight excluding hydrogens is 389 g/mol. The minimum Gasteiger partial charge on any atom is -0.392 e. The maximum atomic E-state index is 8.54. The van der Waals surface area contributed by atoms with Gasteiger partial charge in [-0.15, -0.1) is 0 Å². The molecule has 3 aromatic carbocycles. The summed E-state index contributed by atoms with van der Waals surface area (Å²) < 4.78 is 0. The standard InChI is InChI=1S/3C7H8O.Y/c3*8-6-7-4-2-1-3-5-7;/h3*1-5,8H,6H2;. The van der Waals surface area contributed by atoms with Crippen molar-refractivity contribution in [3.05, 3.63) is 108 Å². The van der Waals surface area contributed by atoms with Crippen molar-refractivity contribution >= 4 is 0 Å². The van der Waals surface area contributed by atoms with E-state index in [4.69, 9.17) is 15.3 Å². The summed E-state index contributed by atoms with van der Waals surface area (Å²) in [6, 6.07) is 28.6. The van der Waals surface area contributed by atoms with Crippen molar-refractivity contribution in [3.63, 3.8) is 0 Å². The van der Waals surface area contributed by atoms with E-state index in [1.807, 2.05) is 91.0 Å². The van der Waals surface area contributed by atoms with E-state index in [9.17, 15) is 0 Å². The molecule has 0 saturated carbocycles. The Hall–Kier alpha value is -1.36. The van der Waals surface area contributed by atoms with E-state index in [1.165, 1.54) is 0 Å². The van der Waals surface area contributed by atoms with Crippen LogP contribution in [0.2, 0.25) is 0 Å². The molecule has 3 N–H and O–H groups in total. The second kappa shape index (κ2) is 16.1. The van der Waals surface area contributed by atoms with Gasteiger partial charge in [-0.25, -0.2) is 0 Å². The third kappa shape index (κ3) is 11.8. The maximum absolute atomic E-state index is 8.54. The predicted octanol–water partition coefficient (Wildman–Crippen LogP) is 3.53. The first-order chi connectivity index (χ1) is 11.8. The Kier molecular flexibility index (Phi) is 15.3. The Morgan fingerprint density at radius 3 is 0.720 bits per heavy atom. The number of rotatable bonds is 3. The van der Waals surface area contributed by atoms with Gasteiger partial charge in [0.15, 0.2) is 0 Å². The Balaban J connectivity index is 0.000000339. The zero-order valence-electron chi connectivity index (χ0n) is 14.2. The van der Waals surface area contributed by atoms with E-state index in [1.54, 1.807) is 0 Å². The first-order valence-electron chi connectivity index (χ1n) is 7.74. The Labute approximate surface area is 174 Å². The molecule has 129 valence electrons. The van der Waals surface area contributed by atoms with Gasteiger partial charge in [0.1, 0.15) is 0 Å². The predicted molar refractivity (Wildman–Crippen MR) is 97.1 cm³/mol. The van der Waals surface area contributed by atoms with Gasteiger partial charge in [-0.3, -0.25) is 0 Å². The molecule has 0 fully saturated rings. The van der Waals surface area contributed by atoms with Crippen LogP contribution in [0.3, 0.4) is 0 Å². The summed E-state index contributed by atoms with van der Waals surface area (Å²) >= 11 is 0. The summed E-state index contributed by atoms with van der Waals surface area (Å²) in [5.41, 5.74) is 2.90. The fourth-order valence-electron chi connectivity index (χ4n) is 1.75. The molecule has 0 spiro atoms. The molecule has 1 radical (unpaired) electrons. The molecule has 3 aromatic rings. The third-order valence-electron chi connectivity index (χ3n) is 3.08. The molecule has 4 heteroatoms. The zero-order chi connectivity index (χ0) is 17.5. The van der Waals surface area contributed by atoms with Crippen LogP contribution in [-0.4, -0.2) is 15.3 Å². The van der Waals surface area contributed by atoms with Gasteiger partial charge in [0, 0.05) is 32.7 Å². The molecule has 0 unspecified atom stereocenters. The molecule has 0 heterocycles. The summed E-state index contributed by atoms with van der Waals surface area (Å²) in [7, 11) is 0. The molecule has 3 rings (SSSR count). The van der Waals surface area contributed by atoms with E-state index in [0.717, 1.165) is 16.7 Å². The SMILES string of the molecule is OCc1ccccc1.OCc1ccccc1.OCc1ccccc1.[Y]. The van der Waals surface area contributed by atoms with Crippen LogP contribution in [0.5, 0.6) is 0 Å². The van der Waals surface area contributed by atoms with E-state index in [-0.39, 0.29) is 52.5 Å². The average Bonchev–Trinajstić information content (AvgIpc) is 2.71. The van der Waals surface area contributed by atoms with Gasteiger partial charge in [0.05, 0.1) is 19.8 Å². The number of aliphatic hydroxyl groups is 3. The average molecular weight is 413 g/mol. The van der Waals surface area contributed by atoms with Gasteiger partial charge in [0.2, 0.25) is 0 Å². The molecule has 0 aromatic heterocycles. The number of hydrogen-bond donors (Lipinski definition) is 3. The van der Waals surface area contributed by atoms with Crippen LogP contribution in [-0.2, 0) is 52.5 Å². The second-order valence-corrected chi connectivity index (χ2v) is 4.93. The summed E-state index contributed by atoms with van der Waals surface area (Å²) in [6.07, 6.45) is 0. The summed E-state index contributed by atoms with van der Waals surface area (Å²) in [5, 5.41) is 25.6. The van der Waals surface area contributed by atoms with Crippen LogP contribution in [0.1, 0.15) is 16.7 Å². The summed E-state index contributed by atoms with van der Waals surface area (Å²) in [5.74, 6) is 0. The topological polar surface area (TPSA) is 60.7 Å². The molecule has 0 atom stereocenters. The maximum Gasteiger partial charge on any atom is 0.0681 e. The van der Waals surface area contributed by atoms with Gasteiger partial charge < -0.3 is 15.3 Å². The second-order valence-electron chi connectivity index (χ2n) is 4.93. The summed E-state index contributed by atoms with van der Waals surface area (Å²) in [6.45, 7) is 0.419. The number of benzene rings is 3. The third-order valence-corrected chi connectivity index (χ3v) is 3.08. The van der Waals surface area contributed by atoms with Gasteiger partial charge in [-0.2, -0.15) is 0 Å². The van der Waals surface area contributed by atoms with Crippen molar-refractivity contribution in [1.29, 1.82) is 0 Å². The molecule has 3 nitrogen and oxygen atoms in total. The molecule has 25 heavy (non-hydrogen) atoms. The van der Waals surface area contributed by atoms with Gasteiger partial charge in [0.25, 0.3) is 0 Å². The fourth-order valence-corrected chi connectivity index (χ4v) is 1.75. The molecule has 0 aliphatic rings. The van der Waals surface area contributed by atoms with Crippen molar-refractivity contribution in [2.45, 2.75) is 19.8 Å². The van der Waals surface area contributed by atoms with Crippen molar-refractivity contribution in [2.24, 2.45) is 0 Å². The van der Waals surface area contributed by atoms with E-state index in [2.05, 4.69) is 0 Å². The van der Waals surface area contributed by atoms with Crippen LogP contribution in [0.25, 0.3) is 0 Å². The van der Waals surface area contributed by atoms with Crippen LogP contribution in [0, 0.1) is 0 Å². The summed E-state index contributed by atoms with van der Waals surface area (Å²) in [4.78, 5) is 0. The molecule has 0 aliphatic carbocycles. The van der Waals surface area contributed by atoms with Crippen molar-refractivity contribution in [1.82, 2.24) is 0 Å². The van der Waals surface area contributed by atoms with Crippen molar-refractivity contribution in [2.75, 3.05) is 0 Å². The minimum absolute atomic E-state index is 0. The van der Waals surface area contributed by atoms with Crippen LogP contribution < -0.4 is 0 Å². The van der Waals surface area contributed by atoms with E-state index < -0.39 is 0 Å². The Bertz CT molecular complexity index is 537. The van der Waals surface area contributed by atoms with Gasteiger partial charge in [-0.1, -0.05) is 91.0 Å². The molecule has 0 aliphatic heterocycles. The number of aliphatic hydroxyl groups excluding tert-OH is 3. The Morgan fingerprint density at radius 2 is 0.600 bits per heavy atom. The number of hydrogen-bond acceptors (Lipinski definition) is 3. The Morgan fingerprint density at radius 1 is 0.400 bits per heavy atom. The first kappa shape index (κ1) is 23.6. The quantitative estimate of drug-likeness (QED) is 0.616. The van der Waals surface area contributed by atoms with Crippen molar-refractivity contribution in [3.8, 4) is 0 Å². The van der Waals surface area contributed by atoms with Crippen LogP contribution in [0.4, 0.5) is 0 Å².